The first-order valence-corrected chi connectivity index (χ1v) is 10.4. The molecule has 1 aromatic heterocycles. The zero-order chi connectivity index (χ0) is 20.9. The number of aromatic nitrogens is 1. The molecule has 0 aromatic carbocycles. The summed E-state index contributed by atoms with van der Waals surface area (Å²) in [7, 11) is 0. The molecule has 3 heterocycles. The van der Waals surface area contributed by atoms with Gasteiger partial charge in [-0.3, -0.25) is 9.69 Å². The predicted octanol–water partition coefficient (Wildman–Crippen LogP) is 2.42. The summed E-state index contributed by atoms with van der Waals surface area (Å²) in [5, 5.41) is 2.66. The molecule has 5 rings (SSSR count). The second-order valence-corrected chi connectivity index (χ2v) is 8.66. The SMILES string of the molecule is CC(=O)NC[C@H]1CN(C2C=C(F)C([C@@]34C[C@@H]3CN(c3ccccn3)C4)=CC2)C(=O)O1. The molecule has 1 unspecified atom stereocenters. The molecule has 2 amide bonds. The second-order valence-electron chi connectivity index (χ2n) is 8.66. The topological polar surface area (TPSA) is 74.8 Å². The largest absolute Gasteiger partial charge is 0.442 e. The van der Waals surface area contributed by atoms with E-state index in [4.69, 9.17) is 4.74 Å². The quantitative estimate of drug-likeness (QED) is 0.804. The van der Waals surface area contributed by atoms with Crippen molar-refractivity contribution in [3.05, 3.63) is 47.9 Å². The first-order chi connectivity index (χ1) is 14.5. The van der Waals surface area contributed by atoms with Crippen molar-refractivity contribution in [3.63, 3.8) is 0 Å². The van der Waals surface area contributed by atoms with Crippen molar-refractivity contribution in [2.45, 2.75) is 31.9 Å². The predicted molar refractivity (Wildman–Crippen MR) is 108 cm³/mol. The van der Waals surface area contributed by atoms with Crippen LogP contribution < -0.4 is 10.2 Å². The van der Waals surface area contributed by atoms with Gasteiger partial charge in [-0.15, -0.1) is 0 Å². The normalized spacial score (nSPS) is 32.3. The van der Waals surface area contributed by atoms with Crippen molar-refractivity contribution < 1.29 is 18.7 Å². The Morgan fingerprint density at radius 2 is 2.27 bits per heavy atom. The van der Waals surface area contributed by atoms with Crippen LogP contribution in [0.2, 0.25) is 0 Å². The lowest BCUT2D eigenvalue weighted by molar-refractivity contribution is -0.119. The van der Waals surface area contributed by atoms with E-state index in [-0.39, 0.29) is 29.7 Å². The highest BCUT2D eigenvalue weighted by Gasteiger charge is 2.63. The van der Waals surface area contributed by atoms with Crippen molar-refractivity contribution in [3.8, 4) is 0 Å². The molecule has 2 aliphatic carbocycles. The summed E-state index contributed by atoms with van der Waals surface area (Å²) in [4.78, 5) is 31.5. The van der Waals surface area contributed by atoms with Gasteiger partial charge in [-0.25, -0.2) is 14.2 Å². The van der Waals surface area contributed by atoms with Crippen LogP contribution in [-0.4, -0.2) is 60.2 Å². The van der Waals surface area contributed by atoms with Gasteiger partial charge >= 0.3 is 6.09 Å². The van der Waals surface area contributed by atoms with Gasteiger partial charge in [0.15, 0.2) is 0 Å². The standard InChI is InChI=1S/C22H25FN4O3/c1-14(28)25-10-17-12-27(21(29)30-17)16-5-6-18(19(23)8-16)22-9-15(22)11-26(13-22)20-4-2-3-7-24-20/h2-4,6-8,15-17H,5,9-13H2,1H3,(H,25,28)/t15-,16?,17+,22-/m1/s1. The van der Waals surface area contributed by atoms with Crippen LogP contribution in [0.25, 0.3) is 0 Å². The number of hydrogen-bond acceptors (Lipinski definition) is 5. The summed E-state index contributed by atoms with van der Waals surface area (Å²) in [6.07, 6.45) is 6.02. The van der Waals surface area contributed by atoms with Gasteiger partial charge in [-0.2, -0.15) is 0 Å². The number of piperidine rings is 1. The Morgan fingerprint density at radius 1 is 1.40 bits per heavy atom. The number of carbonyl (C=O) groups is 2. The van der Waals surface area contributed by atoms with Crippen LogP contribution in [0.3, 0.4) is 0 Å². The number of carbonyl (C=O) groups excluding carboxylic acids is 2. The summed E-state index contributed by atoms with van der Waals surface area (Å²) in [6, 6.07) is 5.50. The molecule has 3 fully saturated rings. The van der Waals surface area contributed by atoms with E-state index in [1.165, 1.54) is 6.92 Å². The molecule has 7 nitrogen and oxygen atoms in total. The molecular formula is C22H25FN4O3. The highest BCUT2D eigenvalue weighted by atomic mass is 19.1. The zero-order valence-corrected chi connectivity index (χ0v) is 16.9. The minimum Gasteiger partial charge on any atom is -0.442 e. The third kappa shape index (κ3) is 3.24. The molecule has 0 bridgehead atoms. The number of rotatable bonds is 5. The molecular weight excluding hydrogens is 387 g/mol. The monoisotopic (exact) mass is 412 g/mol. The highest BCUT2D eigenvalue weighted by molar-refractivity contribution is 5.73. The number of cyclic esters (lactones) is 1. The smallest absolute Gasteiger partial charge is 0.410 e. The van der Waals surface area contributed by atoms with Crippen LogP contribution in [0.4, 0.5) is 15.0 Å². The number of hydrogen-bond donors (Lipinski definition) is 1. The number of fused-ring (bicyclic) bond motifs is 1. The molecule has 1 N–H and O–H groups in total. The van der Waals surface area contributed by atoms with Crippen molar-refractivity contribution >= 4 is 17.8 Å². The van der Waals surface area contributed by atoms with Gasteiger partial charge in [0.2, 0.25) is 5.91 Å². The average molecular weight is 412 g/mol. The molecule has 8 heteroatoms. The van der Waals surface area contributed by atoms with E-state index in [2.05, 4.69) is 15.2 Å². The van der Waals surface area contributed by atoms with Crippen molar-refractivity contribution in [1.29, 1.82) is 0 Å². The number of nitrogens with one attached hydrogen (secondary N) is 1. The first kappa shape index (κ1) is 19.1. The zero-order valence-electron chi connectivity index (χ0n) is 16.9. The minimum atomic E-state index is -0.457. The van der Waals surface area contributed by atoms with E-state index < -0.39 is 12.2 Å². The third-order valence-corrected chi connectivity index (χ3v) is 6.70. The van der Waals surface area contributed by atoms with Gasteiger partial charge in [0, 0.05) is 31.6 Å². The fourth-order valence-electron chi connectivity index (χ4n) is 5.11. The summed E-state index contributed by atoms with van der Waals surface area (Å²) in [5.41, 5.74) is 0.646. The molecule has 0 spiro atoms. The van der Waals surface area contributed by atoms with Crippen LogP contribution in [-0.2, 0) is 9.53 Å². The lowest BCUT2D eigenvalue weighted by Gasteiger charge is -2.28. The fraction of sp³-hybridized carbons (Fsp3) is 0.500. The Balaban J connectivity index is 1.25. The maximum Gasteiger partial charge on any atom is 0.410 e. The van der Waals surface area contributed by atoms with Gasteiger partial charge in [0.05, 0.1) is 19.1 Å². The summed E-state index contributed by atoms with van der Waals surface area (Å²) in [6.45, 7) is 3.71. The number of pyridine rings is 1. The van der Waals surface area contributed by atoms with Gasteiger partial charge in [-0.05, 0) is 42.5 Å². The van der Waals surface area contributed by atoms with Crippen LogP contribution in [0, 0.1) is 11.3 Å². The lowest BCUT2D eigenvalue weighted by atomic mass is 9.87. The van der Waals surface area contributed by atoms with Crippen LogP contribution >= 0.6 is 0 Å². The molecule has 0 radical (unpaired) electrons. The Morgan fingerprint density at radius 3 is 3.00 bits per heavy atom. The number of allylic oxidation sites excluding steroid dienone is 1. The van der Waals surface area contributed by atoms with E-state index in [0.29, 0.717) is 18.9 Å². The van der Waals surface area contributed by atoms with E-state index in [1.807, 2.05) is 24.3 Å². The summed E-state index contributed by atoms with van der Waals surface area (Å²) < 4.78 is 20.5. The number of amides is 2. The van der Waals surface area contributed by atoms with Gasteiger partial charge in [0.25, 0.3) is 0 Å². The number of ether oxygens (including phenoxy) is 1. The van der Waals surface area contributed by atoms with Crippen molar-refractivity contribution in [2.24, 2.45) is 11.3 Å². The molecule has 1 saturated carbocycles. The molecule has 30 heavy (non-hydrogen) atoms. The molecule has 2 aliphatic heterocycles. The molecule has 1 aromatic rings. The maximum atomic E-state index is 15.2. The Hall–Kier alpha value is -2.90. The Labute approximate surface area is 174 Å². The summed E-state index contributed by atoms with van der Waals surface area (Å²) in [5.74, 6) is 0.984. The van der Waals surface area contributed by atoms with Crippen molar-refractivity contribution in [1.82, 2.24) is 15.2 Å². The molecule has 4 atom stereocenters. The van der Waals surface area contributed by atoms with Gasteiger partial charge in [-0.1, -0.05) is 12.1 Å². The van der Waals surface area contributed by atoms with E-state index in [1.54, 1.807) is 17.2 Å². The van der Waals surface area contributed by atoms with Crippen LogP contribution in [0.5, 0.6) is 0 Å². The molecule has 2 saturated heterocycles. The lowest BCUT2D eigenvalue weighted by Crippen LogP contribution is -2.38. The number of nitrogens with zero attached hydrogens (tertiary/aromatic N) is 3. The van der Waals surface area contributed by atoms with Gasteiger partial charge in [0.1, 0.15) is 17.7 Å². The van der Waals surface area contributed by atoms with E-state index >= 15 is 4.39 Å². The van der Waals surface area contributed by atoms with Crippen LogP contribution in [0.1, 0.15) is 19.8 Å². The van der Waals surface area contributed by atoms with Gasteiger partial charge < -0.3 is 15.0 Å². The maximum absolute atomic E-state index is 15.2. The Kier molecular flexibility index (Phi) is 4.52. The summed E-state index contributed by atoms with van der Waals surface area (Å²) >= 11 is 0. The van der Waals surface area contributed by atoms with Crippen LogP contribution in [0.15, 0.2) is 47.9 Å². The first-order valence-electron chi connectivity index (χ1n) is 10.4. The Bertz CT molecular complexity index is 934. The third-order valence-electron chi connectivity index (χ3n) is 6.70. The highest BCUT2D eigenvalue weighted by Crippen LogP contribution is 2.64. The van der Waals surface area contributed by atoms with E-state index in [9.17, 15) is 9.59 Å². The fourth-order valence-corrected chi connectivity index (χ4v) is 5.11. The van der Waals surface area contributed by atoms with Crippen molar-refractivity contribution in [2.75, 3.05) is 31.1 Å². The molecule has 4 aliphatic rings. The second kappa shape index (κ2) is 7.11. The number of halogens is 1. The minimum absolute atomic E-state index is 0.136. The number of anilines is 1. The molecule has 158 valence electrons. The van der Waals surface area contributed by atoms with E-state index in [0.717, 1.165) is 30.9 Å². The average Bonchev–Trinajstić information content (AvgIpc) is 3.09.